The first-order chi connectivity index (χ1) is 6.20. The van der Waals surface area contributed by atoms with Crippen molar-refractivity contribution in [2.75, 3.05) is 0 Å². The number of nitrogens with zero attached hydrogens (tertiary/aromatic N) is 3. The molecule has 0 atom stereocenters. The highest BCUT2D eigenvalue weighted by molar-refractivity contribution is 5.68. The molecule has 2 aromatic rings. The van der Waals surface area contributed by atoms with Crippen molar-refractivity contribution < 1.29 is 0 Å². The molecule has 2 rings (SSSR count). The number of fused-ring (bicyclic) bond motifs is 1. The zero-order valence-electron chi connectivity index (χ0n) is 7.48. The molecule has 2 heterocycles. The Morgan fingerprint density at radius 1 is 1.46 bits per heavy atom. The van der Waals surface area contributed by atoms with E-state index < -0.39 is 0 Å². The molecule has 0 unspecified atom stereocenters. The van der Waals surface area contributed by atoms with E-state index in [9.17, 15) is 4.79 Å². The Hall–Kier alpha value is -1.65. The van der Waals surface area contributed by atoms with Gasteiger partial charge in [0, 0.05) is 6.04 Å². The van der Waals surface area contributed by atoms with Crippen molar-refractivity contribution in [3.63, 3.8) is 0 Å². The molecular formula is C8H10N4O. The van der Waals surface area contributed by atoms with Crippen LogP contribution in [-0.2, 0) is 0 Å². The maximum atomic E-state index is 11.2. The van der Waals surface area contributed by atoms with Crippen LogP contribution in [0, 0.1) is 0 Å². The van der Waals surface area contributed by atoms with Crippen molar-refractivity contribution in [2.24, 2.45) is 0 Å². The summed E-state index contributed by atoms with van der Waals surface area (Å²) in [6, 6.07) is 0.263. The van der Waals surface area contributed by atoms with Crippen LogP contribution in [-0.4, -0.2) is 19.5 Å². The van der Waals surface area contributed by atoms with E-state index in [1.807, 2.05) is 18.4 Å². The molecule has 5 heteroatoms. The summed E-state index contributed by atoms with van der Waals surface area (Å²) in [5.74, 6) is 0. The van der Waals surface area contributed by atoms with Crippen molar-refractivity contribution in [1.82, 2.24) is 19.5 Å². The van der Waals surface area contributed by atoms with Gasteiger partial charge in [-0.25, -0.2) is 9.97 Å². The molecule has 0 aliphatic carbocycles. The number of aromatic amines is 1. The summed E-state index contributed by atoms with van der Waals surface area (Å²) in [6.45, 7) is 4.04. The standard InChI is InChI=1S/C8H10N4O/c1-5(2)12-4-11-6-7(12)9-3-10-8(6)13/h3-5H,1-2H3,(H,9,10,13). The fourth-order valence-electron chi connectivity index (χ4n) is 1.24. The fraction of sp³-hybridized carbons (Fsp3) is 0.375. The molecule has 0 saturated carbocycles. The van der Waals surface area contributed by atoms with Crippen molar-refractivity contribution >= 4 is 11.2 Å². The van der Waals surface area contributed by atoms with Crippen LogP contribution >= 0.6 is 0 Å². The molecule has 0 bridgehead atoms. The van der Waals surface area contributed by atoms with E-state index in [0.717, 1.165) is 0 Å². The van der Waals surface area contributed by atoms with E-state index in [-0.39, 0.29) is 11.6 Å². The van der Waals surface area contributed by atoms with E-state index in [1.165, 1.54) is 6.33 Å². The van der Waals surface area contributed by atoms with E-state index in [0.29, 0.717) is 11.2 Å². The van der Waals surface area contributed by atoms with Gasteiger partial charge in [0.2, 0.25) is 0 Å². The van der Waals surface area contributed by atoms with Gasteiger partial charge < -0.3 is 9.55 Å². The van der Waals surface area contributed by atoms with Crippen LogP contribution in [0.3, 0.4) is 0 Å². The summed E-state index contributed by atoms with van der Waals surface area (Å²) in [5.41, 5.74) is 0.847. The van der Waals surface area contributed by atoms with E-state index in [1.54, 1.807) is 6.33 Å². The minimum atomic E-state index is -0.190. The third-order valence-corrected chi connectivity index (χ3v) is 1.92. The Morgan fingerprint density at radius 3 is 2.92 bits per heavy atom. The Bertz CT molecular complexity index is 482. The first-order valence-corrected chi connectivity index (χ1v) is 4.10. The molecule has 5 nitrogen and oxygen atoms in total. The molecule has 0 amide bonds. The summed E-state index contributed by atoms with van der Waals surface area (Å²) < 4.78 is 1.87. The van der Waals surface area contributed by atoms with Gasteiger partial charge in [-0.1, -0.05) is 0 Å². The second-order valence-corrected chi connectivity index (χ2v) is 3.15. The van der Waals surface area contributed by atoms with E-state index in [2.05, 4.69) is 15.0 Å². The average Bonchev–Trinajstić information content (AvgIpc) is 2.48. The van der Waals surface area contributed by atoms with Crippen LogP contribution in [0.4, 0.5) is 0 Å². The molecule has 2 aromatic heterocycles. The molecule has 0 radical (unpaired) electrons. The van der Waals surface area contributed by atoms with Crippen LogP contribution in [0.25, 0.3) is 11.2 Å². The number of H-pyrrole nitrogens is 1. The molecule has 13 heavy (non-hydrogen) atoms. The lowest BCUT2D eigenvalue weighted by atomic mass is 10.4. The molecule has 68 valence electrons. The second-order valence-electron chi connectivity index (χ2n) is 3.15. The summed E-state index contributed by atoms with van der Waals surface area (Å²) in [6.07, 6.45) is 3.03. The van der Waals surface area contributed by atoms with Crippen molar-refractivity contribution in [1.29, 1.82) is 0 Å². The number of nitrogens with one attached hydrogen (secondary N) is 1. The Morgan fingerprint density at radius 2 is 2.23 bits per heavy atom. The Labute approximate surface area is 74.4 Å². The van der Waals surface area contributed by atoms with Crippen LogP contribution < -0.4 is 5.56 Å². The average molecular weight is 178 g/mol. The molecular weight excluding hydrogens is 168 g/mol. The zero-order valence-corrected chi connectivity index (χ0v) is 7.48. The zero-order chi connectivity index (χ0) is 9.42. The predicted octanol–water partition coefficient (Wildman–Crippen LogP) is 0.700. The van der Waals surface area contributed by atoms with E-state index in [4.69, 9.17) is 0 Å². The van der Waals surface area contributed by atoms with Gasteiger partial charge in [-0.15, -0.1) is 0 Å². The van der Waals surface area contributed by atoms with Crippen LogP contribution in [0.15, 0.2) is 17.4 Å². The molecule has 0 fully saturated rings. The number of aromatic nitrogens is 4. The first-order valence-electron chi connectivity index (χ1n) is 4.10. The highest BCUT2D eigenvalue weighted by Crippen LogP contribution is 2.10. The minimum Gasteiger partial charge on any atom is -0.313 e. The van der Waals surface area contributed by atoms with Gasteiger partial charge in [0.1, 0.15) is 0 Å². The van der Waals surface area contributed by atoms with Gasteiger partial charge in [-0.2, -0.15) is 0 Å². The molecule has 0 aliphatic heterocycles. The quantitative estimate of drug-likeness (QED) is 0.699. The van der Waals surface area contributed by atoms with Crippen molar-refractivity contribution in [3.05, 3.63) is 23.0 Å². The highest BCUT2D eigenvalue weighted by atomic mass is 16.1. The SMILES string of the molecule is CC(C)n1cnc2c(=O)[nH]cnc21. The molecule has 0 saturated heterocycles. The van der Waals surface area contributed by atoms with Gasteiger partial charge >= 0.3 is 0 Å². The van der Waals surface area contributed by atoms with Gasteiger partial charge in [0.15, 0.2) is 11.2 Å². The van der Waals surface area contributed by atoms with Gasteiger partial charge in [-0.3, -0.25) is 4.79 Å². The lowest BCUT2D eigenvalue weighted by Gasteiger charge is -2.05. The number of hydrogen-bond acceptors (Lipinski definition) is 3. The van der Waals surface area contributed by atoms with Gasteiger partial charge in [0.05, 0.1) is 12.7 Å². The van der Waals surface area contributed by atoms with Crippen LogP contribution in [0.1, 0.15) is 19.9 Å². The normalized spacial score (nSPS) is 11.3. The second kappa shape index (κ2) is 2.69. The van der Waals surface area contributed by atoms with Crippen molar-refractivity contribution in [3.8, 4) is 0 Å². The van der Waals surface area contributed by atoms with Crippen LogP contribution in [0.5, 0.6) is 0 Å². The Kier molecular flexibility index (Phi) is 1.65. The molecule has 0 aromatic carbocycles. The fourth-order valence-corrected chi connectivity index (χ4v) is 1.24. The summed E-state index contributed by atoms with van der Waals surface area (Å²) in [4.78, 5) is 21.8. The lowest BCUT2D eigenvalue weighted by molar-refractivity contribution is 0.612. The maximum absolute atomic E-state index is 11.2. The topological polar surface area (TPSA) is 63.6 Å². The lowest BCUT2D eigenvalue weighted by Crippen LogP contribution is -2.08. The number of imidazole rings is 1. The van der Waals surface area contributed by atoms with Gasteiger partial charge in [-0.05, 0) is 13.8 Å². The molecule has 0 spiro atoms. The van der Waals surface area contributed by atoms with Gasteiger partial charge in [0.25, 0.3) is 5.56 Å². The summed E-state index contributed by atoms with van der Waals surface area (Å²) >= 11 is 0. The maximum Gasteiger partial charge on any atom is 0.278 e. The minimum absolute atomic E-state index is 0.190. The third-order valence-electron chi connectivity index (χ3n) is 1.92. The smallest absolute Gasteiger partial charge is 0.278 e. The number of rotatable bonds is 1. The first kappa shape index (κ1) is 7.97. The van der Waals surface area contributed by atoms with Crippen molar-refractivity contribution in [2.45, 2.75) is 19.9 Å². The predicted molar refractivity (Wildman–Crippen MR) is 48.5 cm³/mol. The third kappa shape index (κ3) is 1.12. The summed E-state index contributed by atoms with van der Waals surface area (Å²) in [7, 11) is 0. The monoisotopic (exact) mass is 178 g/mol. The highest BCUT2D eigenvalue weighted by Gasteiger charge is 2.08. The summed E-state index contributed by atoms with van der Waals surface area (Å²) in [5, 5.41) is 0. The largest absolute Gasteiger partial charge is 0.313 e. The number of hydrogen-bond donors (Lipinski definition) is 1. The molecule has 0 aliphatic rings. The van der Waals surface area contributed by atoms with E-state index >= 15 is 0 Å². The molecule has 1 N–H and O–H groups in total. The Balaban J connectivity index is 2.83. The van der Waals surface area contributed by atoms with Crippen LogP contribution in [0.2, 0.25) is 0 Å².